The maximum absolute atomic E-state index is 13.8. The monoisotopic (exact) mass is 721 g/mol. The molecule has 0 amide bonds. The molecule has 0 saturated carbocycles. The van der Waals surface area contributed by atoms with E-state index in [9.17, 15) is 24.9 Å². The van der Waals surface area contributed by atoms with Crippen molar-refractivity contribution in [2.45, 2.75) is 56.7 Å². The third kappa shape index (κ3) is 9.83. The number of hydrogen-bond donors (Lipinski definition) is 5. The average molecular weight is 722 g/mol. The highest BCUT2D eigenvalue weighted by atomic mass is 16.5. The SMILES string of the molecule is O=C(OCC1CCN(CC2=CC=CCC2)CC1)C(O)(c1ccccc1)c1cccc(OCCCCCNCC(O)c2ccc(O)c3[nH]c(=O)ccc23)c1. The molecule has 1 saturated heterocycles. The summed E-state index contributed by atoms with van der Waals surface area (Å²) in [5.41, 5.74) is 0.947. The molecule has 0 spiro atoms. The fourth-order valence-corrected chi connectivity index (χ4v) is 7.19. The molecule has 2 heterocycles. The van der Waals surface area contributed by atoms with E-state index in [1.54, 1.807) is 54.6 Å². The summed E-state index contributed by atoms with van der Waals surface area (Å²) in [6.45, 7) is 4.69. The quantitative estimate of drug-likeness (QED) is 0.0668. The van der Waals surface area contributed by atoms with E-state index < -0.39 is 17.7 Å². The summed E-state index contributed by atoms with van der Waals surface area (Å²) in [5.74, 6) is 0.0825. The lowest BCUT2D eigenvalue weighted by Crippen LogP contribution is -2.41. The highest BCUT2D eigenvalue weighted by Crippen LogP contribution is 2.34. The van der Waals surface area contributed by atoms with E-state index in [-0.39, 0.29) is 23.8 Å². The summed E-state index contributed by atoms with van der Waals surface area (Å²) in [7, 11) is 0. The van der Waals surface area contributed by atoms with Crippen molar-refractivity contribution < 1.29 is 29.6 Å². The second-order valence-corrected chi connectivity index (χ2v) is 14.1. The molecular formula is C43H51N3O7. The fraction of sp³-hybridized carbons (Fsp3) is 0.395. The lowest BCUT2D eigenvalue weighted by molar-refractivity contribution is -0.164. The van der Waals surface area contributed by atoms with Crippen LogP contribution in [0.15, 0.2) is 107 Å². The summed E-state index contributed by atoms with van der Waals surface area (Å²) in [6.07, 6.45) is 12.5. The number of aliphatic hydroxyl groups is 2. The minimum Gasteiger partial charge on any atom is -0.506 e. The number of allylic oxidation sites excluding steroid dienone is 3. The number of carbonyl (C=O) groups excluding carboxylic acids is 1. The van der Waals surface area contributed by atoms with E-state index in [1.165, 1.54) is 17.7 Å². The van der Waals surface area contributed by atoms with Crippen molar-refractivity contribution in [1.82, 2.24) is 15.2 Å². The van der Waals surface area contributed by atoms with Crippen molar-refractivity contribution in [1.29, 1.82) is 0 Å². The largest absolute Gasteiger partial charge is 0.506 e. The highest BCUT2D eigenvalue weighted by molar-refractivity contribution is 5.87. The number of nitrogens with zero attached hydrogens (tertiary/aromatic N) is 1. The summed E-state index contributed by atoms with van der Waals surface area (Å²) < 4.78 is 11.9. The third-order valence-corrected chi connectivity index (χ3v) is 10.3. The number of aliphatic hydroxyl groups excluding tert-OH is 1. The Balaban J connectivity index is 0.957. The smallest absolute Gasteiger partial charge is 0.347 e. The van der Waals surface area contributed by atoms with Crippen LogP contribution in [0.5, 0.6) is 11.5 Å². The normalized spacial score (nSPS) is 16.9. The van der Waals surface area contributed by atoms with Crippen molar-refractivity contribution in [3.8, 4) is 11.5 Å². The molecule has 6 rings (SSSR count). The van der Waals surface area contributed by atoms with Crippen LogP contribution >= 0.6 is 0 Å². The van der Waals surface area contributed by atoms with Crippen LogP contribution < -0.4 is 15.6 Å². The molecule has 1 fully saturated rings. The van der Waals surface area contributed by atoms with Gasteiger partial charge in [-0.1, -0.05) is 72.3 Å². The second kappa shape index (κ2) is 18.3. The van der Waals surface area contributed by atoms with E-state index in [1.807, 2.05) is 12.1 Å². The number of nitrogens with one attached hydrogen (secondary N) is 2. The zero-order valence-electron chi connectivity index (χ0n) is 30.2. The van der Waals surface area contributed by atoms with Gasteiger partial charge in [-0.05, 0) is 106 Å². The van der Waals surface area contributed by atoms with Crippen LogP contribution in [0.3, 0.4) is 0 Å². The zero-order chi connectivity index (χ0) is 37.0. The first-order valence-corrected chi connectivity index (χ1v) is 18.8. The maximum atomic E-state index is 13.8. The van der Waals surface area contributed by atoms with Crippen LogP contribution in [-0.2, 0) is 15.1 Å². The molecule has 0 bridgehead atoms. The number of aromatic amines is 1. The number of aromatic nitrogens is 1. The van der Waals surface area contributed by atoms with Crippen LogP contribution in [0.2, 0.25) is 0 Å². The molecule has 53 heavy (non-hydrogen) atoms. The van der Waals surface area contributed by atoms with E-state index >= 15 is 0 Å². The molecule has 1 aliphatic heterocycles. The number of esters is 1. The standard InChI is InChI=1S/C43H51N3O7/c47-38-19-17-36(37-18-20-40(49)45-41(37)38)39(48)28-44-23-8-3-9-26-52-35-16-10-15-34(27-35)43(51,33-13-6-2-7-14-33)42(50)53-30-32-21-24-46(25-22-32)29-31-11-4-1-5-12-31/h1-2,4,6-7,10-11,13-20,27,32,39,44,47-48,51H,3,5,8-9,12,21-26,28-30H2,(H,45,49). The minimum absolute atomic E-state index is 0.0387. The number of benzene rings is 3. The highest BCUT2D eigenvalue weighted by Gasteiger charge is 2.42. The number of rotatable bonds is 17. The van der Waals surface area contributed by atoms with Gasteiger partial charge in [0, 0.05) is 30.1 Å². The predicted octanol–water partition coefficient (Wildman–Crippen LogP) is 5.87. The number of pyridine rings is 1. The third-order valence-electron chi connectivity index (χ3n) is 10.3. The van der Waals surface area contributed by atoms with Gasteiger partial charge in [0.05, 0.1) is 24.8 Å². The number of ether oxygens (including phenoxy) is 2. The average Bonchev–Trinajstić information content (AvgIpc) is 3.19. The molecule has 0 radical (unpaired) electrons. The molecule has 5 N–H and O–H groups in total. The number of piperidine rings is 1. The topological polar surface area (TPSA) is 144 Å². The first-order valence-electron chi connectivity index (χ1n) is 18.8. The first-order chi connectivity index (χ1) is 25.8. The van der Waals surface area contributed by atoms with Gasteiger partial charge in [-0.2, -0.15) is 0 Å². The number of aromatic hydroxyl groups is 1. The van der Waals surface area contributed by atoms with Gasteiger partial charge in [-0.3, -0.25) is 9.69 Å². The van der Waals surface area contributed by atoms with E-state index in [0.29, 0.717) is 53.0 Å². The molecule has 2 atom stereocenters. The summed E-state index contributed by atoms with van der Waals surface area (Å²) in [6, 6.07) is 22.1. The van der Waals surface area contributed by atoms with Crippen molar-refractivity contribution in [2.24, 2.45) is 5.92 Å². The Morgan fingerprint density at radius 3 is 2.58 bits per heavy atom. The Morgan fingerprint density at radius 1 is 0.981 bits per heavy atom. The molecule has 1 aliphatic carbocycles. The predicted molar refractivity (Wildman–Crippen MR) is 206 cm³/mol. The van der Waals surface area contributed by atoms with Gasteiger partial charge in [0.2, 0.25) is 11.2 Å². The summed E-state index contributed by atoms with van der Waals surface area (Å²) in [5, 5.41) is 36.8. The number of phenols is 1. The van der Waals surface area contributed by atoms with Crippen LogP contribution in [0.25, 0.3) is 10.9 Å². The molecular weight excluding hydrogens is 670 g/mol. The van der Waals surface area contributed by atoms with Gasteiger partial charge in [-0.25, -0.2) is 4.79 Å². The van der Waals surface area contributed by atoms with E-state index in [4.69, 9.17) is 9.47 Å². The molecule has 10 heteroatoms. The Hall–Kier alpha value is -4.74. The lowest BCUT2D eigenvalue weighted by atomic mass is 9.86. The number of carbonyl (C=O) groups is 1. The summed E-state index contributed by atoms with van der Waals surface area (Å²) in [4.78, 5) is 30.5. The molecule has 3 aromatic carbocycles. The van der Waals surface area contributed by atoms with Crippen LogP contribution in [-0.4, -0.2) is 77.1 Å². The van der Waals surface area contributed by atoms with Gasteiger partial charge < -0.3 is 35.1 Å². The fourth-order valence-electron chi connectivity index (χ4n) is 7.19. The Bertz CT molecular complexity index is 1930. The molecule has 2 aliphatic rings. The van der Waals surface area contributed by atoms with Crippen molar-refractivity contribution in [3.63, 3.8) is 0 Å². The number of fused-ring (bicyclic) bond motifs is 1. The molecule has 4 aromatic rings. The number of likely N-dealkylation sites (tertiary alicyclic amines) is 1. The van der Waals surface area contributed by atoms with Gasteiger partial charge in [0.1, 0.15) is 11.5 Å². The van der Waals surface area contributed by atoms with Crippen molar-refractivity contribution in [2.75, 3.05) is 45.9 Å². The first kappa shape index (κ1) is 38.0. The number of H-pyrrole nitrogens is 1. The minimum atomic E-state index is -1.98. The number of phenolic OH excluding ortho intramolecular Hbond substituents is 1. The zero-order valence-corrected chi connectivity index (χ0v) is 30.2. The second-order valence-electron chi connectivity index (χ2n) is 14.1. The lowest BCUT2D eigenvalue weighted by Gasteiger charge is -2.33. The van der Waals surface area contributed by atoms with Crippen LogP contribution in [0.1, 0.15) is 67.7 Å². The maximum Gasteiger partial charge on any atom is 0.347 e. The van der Waals surface area contributed by atoms with E-state index in [2.05, 4.69) is 33.4 Å². The Labute approximate surface area is 310 Å². The van der Waals surface area contributed by atoms with Gasteiger partial charge >= 0.3 is 5.97 Å². The number of unbranched alkanes of at least 4 members (excludes halogenated alkanes) is 2. The summed E-state index contributed by atoms with van der Waals surface area (Å²) >= 11 is 0. The Kier molecular flexibility index (Phi) is 13.1. The molecule has 280 valence electrons. The molecule has 10 nitrogen and oxygen atoms in total. The number of hydrogen-bond acceptors (Lipinski definition) is 9. The van der Waals surface area contributed by atoms with Gasteiger partial charge in [0.25, 0.3) is 0 Å². The van der Waals surface area contributed by atoms with Crippen LogP contribution in [0, 0.1) is 5.92 Å². The van der Waals surface area contributed by atoms with Gasteiger partial charge in [-0.15, -0.1) is 0 Å². The molecule has 1 aromatic heterocycles. The van der Waals surface area contributed by atoms with Crippen LogP contribution in [0.4, 0.5) is 0 Å². The molecule has 2 unspecified atom stereocenters. The van der Waals surface area contributed by atoms with Crippen molar-refractivity contribution in [3.05, 3.63) is 130 Å². The van der Waals surface area contributed by atoms with Crippen molar-refractivity contribution >= 4 is 16.9 Å². The van der Waals surface area contributed by atoms with E-state index in [0.717, 1.165) is 64.6 Å². The Morgan fingerprint density at radius 2 is 1.79 bits per heavy atom. The van der Waals surface area contributed by atoms with Gasteiger partial charge in [0.15, 0.2) is 0 Å².